The molecule has 0 unspecified atom stereocenters. The molecule has 1 aliphatic carbocycles. The number of allylic oxidation sites excluding steroid dienone is 1. The van der Waals surface area contributed by atoms with Crippen molar-refractivity contribution in [3.8, 4) is 0 Å². The summed E-state index contributed by atoms with van der Waals surface area (Å²) in [6, 6.07) is 0. The van der Waals surface area contributed by atoms with Crippen molar-refractivity contribution in [3.05, 3.63) is 23.9 Å². The van der Waals surface area contributed by atoms with Gasteiger partial charge in [0.2, 0.25) is 11.7 Å². The Bertz CT molecular complexity index is 454. The summed E-state index contributed by atoms with van der Waals surface area (Å²) < 4.78 is 5.32. The van der Waals surface area contributed by atoms with E-state index in [9.17, 15) is 0 Å². The third-order valence-electron chi connectivity index (χ3n) is 3.35. The normalized spacial score (nSPS) is 21.4. The number of hydrogen-bond donors (Lipinski definition) is 0. The lowest BCUT2D eigenvalue weighted by Gasteiger charge is -2.19. The first-order valence-electron chi connectivity index (χ1n) is 6.02. The zero-order valence-electron chi connectivity index (χ0n) is 9.69. The largest absolute Gasteiger partial charge is 0.395 e. The van der Waals surface area contributed by atoms with Crippen molar-refractivity contribution >= 4 is 5.71 Å². The average molecular weight is 233 g/mol. The SMILES string of the molecule is C=C1CCC(c2nc(C3=NOCC3)no2)CC1. The fraction of sp³-hybridized carbons (Fsp3) is 0.583. The number of rotatable bonds is 2. The molecule has 0 spiro atoms. The average Bonchev–Trinajstić information content (AvgIpc) is 3.00. The van der Waals surface area contributed by atoms with E-state index in [1.54, 1.807) is 0 Å². The zero-order chi connectivity index (χ0) is 11.7. The Morgan fingerprint density at radius 2 is 2.00 bits per heavy atom. The fourth-order valence-electron chi connectivity index (χ4n) is 2.26. The van der Waals surface area contributed by atoms with Gasteiger partial charge < -0.3 is 9.36 Å². The molecule has 0 atom stereocenters. The van der Waals surface area contributed by atoms with Crippen LogP contribution in [0, 0.1) is 0 Å². The van der Waals surface area contributed by atoms with Crippen molar-refractivity contribution in [3.63, 3.8) is 0 Å². The third-order valence-corrected chi connectivity index (χ3v) is 3.35. The highest BCUT2D eigenvalue weighted by Crippen LogP contribution is 2.33. The number of oxime groups is 1. The third kappa shape index (κ3) is 2.09. The van der Waals surface area contributed by atoms with E-state index < -0.39 is 0 Å². The van der Waals surface area contributed by atoms with Crippen LogP contribution in [-0.4, -0.2) is 22.5 Å². The van der Waals surface area contributed by atoms with E-state index in [-0.39, 0.29) is 0 Å². The van der Waals surface area contributed by atoms with E-state index in [1.165, 1.54) is 5.57 Å². The monoisotopic (exact) mass is 233 g/mol. The highest BCUT2D eigenvalue weighted by atomic mass is 16.6. The van der Waals surface area contributed by atoms with Crippen LogP contribution in [0.3, 0.4) is 0 Å². The van der Waals surface area contributed by atoms with E-state index in [1.807, 2.05) is 0 Å². The topological polar surface area (TPSA) is 60.5 Å². The minimum atomic E-state index is 0.379. The second kappa shape index (κ2) is 4.31. The molecule has 1 aliphatic heterocycles. The molecule has 2 heterocycles. The Kier molecular flexibility index (Phi) is 2.66. The van der Waals surface area contributed by atoms with E-state index in [0.717, 1.165) is 43.7 Å². The smallest absolute Gasteiger partial charge is 0.230 e. The van der Waals surface area contributed by atoms with Gasteiger partial charge in [-0.05, 0) is 25.7 Å². The molecule has 0 saturated heterocycles. The molecule has 1 aromatic heterocycles. The van der Waals surface area contributed by atoms with Gasteiger partial charge in [0.25, 0.3) is 0 Å². The molecule has 17 heavy (non-hydrogen) atoms. The molecule has 2 aliphatic rings. The first kappa shape index (κ1) is 10.5. The second-order valence-corrected chi connectivity index (χ2v) is 4.60. The predicted molar refractivity (Wildman–Crippen MR) is 61.8 cm³/mol. The summed E-state index contributed by atoms with van der Waals surface area (Å²) in [5, 5.41) is 7.87. The van der Waals surface area contributed by atoms with Crippen LogP contribution in [0.1, 0.15) is 49.7 Å². The second-order valence-electron chi connectivity index (χ2n) is 4.60. The lowest BCUT2D eigenvalue weighted by Crippen LogP contribution is -2.07. The van der Waals surface area contributed by atoms with Crippen LogP contribution in [0.5, 0.6) is 0 Å². The predicted octanol–water partition coefficient (Wildman–Crippen LogP) is 2.41. The molecular weight excluding hydrogens is 218 g/mol. The van der Waals surface area contributed by atoms with Crippen molar-refractivity contribution in [2.24, 2.45) is 5.16 Å². The van der Waals surface area contributed by atoms with Gasteiger partial charge in [-0.1, -0.05) is 22.5 Å². The van der Waals surface area contributed by atoms with Gasteiger partial charge in [-0.3, -0.25) is 0 Å². The molecule has 5 nitrogen and oxygen atoms in total. The lowest BCUT2D eigenvalue weighted by molar-refractivity contribution is 0.174. The Labute approximate surface area is 99.5 Å². The summed E-state index contributed by atoms with van der Waals surface area (Å²) in [7, 11) is 0. The Hall–Kier alpha value is -1.65. The number of nitrogens with zero attached hydrogens (tertiary/aromatic N) is 3. The maximum atomic E-state index is 5.32. The van der Waals surface area contributed by atoms with Crippen LogP contribution < -0.4 is 0 Å². The molecule has 0 radical (unpaired) electrons. The van der Waals surface area contributed by atoms with Crippen LogP contribution >= 0.6 is 0 Å². The Balaban J connectivity index is 1.73. The summed E-state index contributed by atoms with van der Waals surface area (Å²) in [4.78, 5) is 9.36. The maximum absolute atomic E-state index is 5.32. The molecule has 0 aromatic carbocycles. The van der Waals surface area contributed by atoms with Crippen LogP contribution in [0.4, 0.5) is 0 Å². The lowest BCUT2D eigenvalue weighted by atomic mass is 9.86. The molecular formula is C12H15N3O2. The molecule has 1 saturated carbocycles. The quantitative estimate of drug-likeness (QED) is 0.736. The fourth-order valence-corrected chi connectivity index (χ4v) is 2.26. The van der Waals surface area contributed by atoms with Gasteiger partial charge in [0.15, 0.2) is 0 Å². The van der Waals surface area contributed by atoms with E-state index in [4.69, 9.17) is 9.36 Å². The minimum absolute atomic E-state index is 0.379. The molecule has 1 aromatic rings. The van der Waals surface area contributed by atoms with E-state index >= 15 is 0 Å². The van der Waals surface area contributed by atoms with Crippen LogP contribution in [0.15, 0.2) is 21.8 Å². The maximum Gasteiger partial charge on any atom is 0.230 e. The summed E-state index contributed by atoms with van der Waals surface area (Å²) in [5.41, 5.74) is 2.12. The van der Waals surface area contributed by atoms with Crippen molar-refractivity contribution in [2.75, 3.05) is 6.61 Å². The molecule has 1 fully saturated rings. The Morgan fingerprint density at radius 3 is 2.71 bits per heavy atom. The van der Waals surface area contributed by atoms with E-state index in [2.05, 4.69) is 21.9 Å². The standard InChI is InChI=1S/C12H15N3O2/c1-8-2-4-9(5-3-8)12-13-11(15-17-12)10-6-7-16-14-10/h9H,1-7H2. The van der Waals surface area contributed by atoms with Crippen molar-refractivity contribution in [2.45, 2.75) is 38.0 Å². The molecule has 0 bridgehead atoms. The van der Waals surface area contributed by atoms with Crippen LogP contribution in [0.2, 0.25) is 0 Å². The Morgan fingerprint density at radius 1 is 1.18 bits per heavy atom. The molecule has 5 heteroatoms. The van der Waals surface area contributed by atoms with Gasteiger partial charge in [-0.2, -0.15) is 4.98 Å². The molecule has 0 N–H and O–H groups in total. The molecule has 0 amide bonds. The first-order valence-corrected chi connectivity index (χ1v) is 6.02. The molecule has 3 rings (SSSR count). The minimum Gasteiger partial charge on any atom is -0.395 e. The zero-order valence-corrected chi connectivity index (χ0v) is 9.69. The number of aromatic nitrogens is 2. The van der Waals surface area contributed by atoms with Crippen molar-refractivity contribution in [1.82, 2.24) is 10.1 Å². The van der Waals surface area contributed by atoms with Gasteiger partial charge in [0, 0.05) is 12.3 Å². The van der Waals surface area contributed by atoms with Crippen LogP contribution in [-0.2, 0) is 4.84 Å². The highest BCUT2D eigenvalue weighted by molar-refractivity contribution is 5.97. The highest BCUT2D eigenvalue weighted by Gasteiger charge is 2.25. The molecule has 90 valence electrons. The van der Waals surface area contributed by atoms with Gasteiger partial charge >= 0.3 is 0 Å². The van der Waals surface area contributed by atoms with Crippen LogP contribution in [0.25, 0.3) is 0 Å². The number of hydrogen-bond acceptors (Lipinski definition) is 5. The van der Waals surface area contributed by atoms with Gasteiger partial charge in [-0.25, -0.2) is 0 Å². The first-order chi connectivity index (χ1) is 8.33. The van der Waals surface area contributed by atoms with Gasteiger partial charge in [0.05, 0.1) is 0 Å². The summed E-state index contributed by atoms with van der Waals surface area (Å²) in [6.45, 7) is 4.62. The van der Waals surface area contributed by atoms with Crippen molar-refractivity contribution in [1.29, 1.82) is 0 Å². The van der Waals surface area contributed by atoms with E-state index in [0.29, 0.717) is 18.3 Å². The summed E-state index contributed by atoms with van der Waals surface area (Å²) in [6.07, 6.45) is 5.01. The van der Waals surface area contributed by atoms with Crippen molar-refractivity contribution < 1.29 is 9.36 Å². The summed E-state index contributed by atoms with van der Waals surface area (Å²) in [5.74, 6) is 1.70. The van der Waals surface area contributed by atoms with Gasteiger partial charge in [-0.15, -0.1) is 0 Å². The van der Waals surface area contributed by atoms with Gasteiger partial charge in [0.1, 0.15) is 12.3 Å². The summed E-state index contributed by atoms with van der Waals surface area (Å²) >= 11 is 0.